The van der Waals surface area contributed by atoms with Crippen LogP contribution in [-0.4, -0.2) is 60.5 Å². The number of pyridine rings is 1. The smallest absolute Gasteiger partial charge is 0.339 e. The summed E-state index contributed by atoms with van der Waals surface area (Å²) in [7, 11) is 1.33. The number of hydrogen-bond acceptors (Lipinski definition) is 6. The molecule has 2 aromatic carbocycles. The number of amides is 2. The van der Waals surface area contributed by atoms with Gasteiger partial charge in [0.25, 0.3) is 0 Å². The van der Waals surface area contributed by atoms with E-state index in [0.717, 1.165) is 22.4 Å². The molecule has 3 heterocycles. The minimum absolute atomic E-state index is 0.00103. The van der Waals surface area contributed by atoms with Crippen LogP contribution in [0.25, 0.3) is 11.3 Å². The van der Waals surface area contributed by atoms with Crippen molar-refractivity contribution in [3.05, 3.63) is 83.6 Å². The molecule has 184 valence electrons. The van der Waals surface area contributed by atoms with E-state index in [9.17, 15) is 14.4 Å². The molecule has 2 amide bonds. The molecule has 36 heavy (non-hydrogen) atoms. The molecule has 2 aliphatic rings. The number of benzene rings is 2. The van der Waals surface area contributed by atoms with E-state index in [1.807, 2.05) is 48.5 Å². The number of ether oxygens (including phenoxy) is 2. The molecule has 0 saturated carbocycles. The van der Waals surface area contributed by atoms with E-state index in [1.54, 1.807) is 17.0 Å². The summed E-state index contributed by atoms with van der Waals surface area (Å²) in [6, 6.07) is 19.2. The van der Waals surface area contributed by atoms with Gasteiger partial charge in [0.15, 0.2) is 0 Å². The summed E-state index contributed by atoms with van der Waals surface area (Å²) in [5.74, 6) is 0.213. The van der Waals surface area contributed by atoms with Crippen molar-refractivity contribution in [3.8, 4) is 17.0 Å². The summed E-state index contributed by atoms with van der Waals surface area (Å²) in [6.07, 6.45) is 2.35. The maximum Gasteiger partial charge on any atom is 0.339 e. The predicted molar refractivity (Wildman–Crippen MR) is 133 cm³/mol. The summed E-state index contributed by atoms with van der Waals surface area (Å²) in [5.41, 5.74) is 4.04. The highest BCUT2D eigenvalue weighted by atomic mass is 16.5. The highest BCUT2D eigenvalue weighted by Gasteiger charge is 2.32. The Morgan fingerprint density at radius 1 is 1.08 bits per heavy atom. The zero-order valence-corrected chi connectivity index (χ0v) is 20.0. The number of hydrogen-bond donors (Lipinski definition) is 1. The molecule has 0 aliphatic carbocycles. The number of carbonyl (C=O) groups is 3. The van der Waals surface area contributed by atoms with Crippen molar-refractivity contribution in [2.75, 3.05) is 26.7 Å². The van der Waals surface area contributed by atoms with E-state index in [4.69, 9.17) is 9.47 Å². The molecule has 0 bridgehead atoms. The number of rotatable bonds is 7. The van der Waals surface area contributed by atoms with Gasteiger partial charge < -0.3 is 19.7 Å². The Labute approximate surface area is 209 Å². The van der Waals surface area contributed by atoms with Gasteiger partial charge in [0.1, 0.15) is 11.9 Å². The van der Waals surface area contributed by atoms with Crippen LogP contribution >= 0.6 is 0 Å². The van der Waals surface area contributed by atoms with Crippen molar-refractivity contribution in [2.24, 2.45) is 0 Å². The van der Waals surface area contributed by atoms with Gasteiger partial charge in [-0.1, -0.05) is 42.5 Å². The normalized spacial score (nSPS) is 18.5. The molecule has 1 saturated heterocycles. The third kappa shape index (κ3) is 4.93. The predicted octanol–water partition coefficient (Wildman–Crippen LogP) is 2.97. The second-order valence-electron chi connectivity index (χ2n) is 9.05. The number of aromatic nitrogens is 1. The summed E-state index contributed by atoms with van der Waals surface area (Å²) < 4.78 is 10.9. The van der Waals surface area contributed by atoms with Gasteiger partial charge >= 0.3 is 5.97 Å². The second-order valence-corrected chi connectivity index (χ2v) is 9.05. The Morgan fingerprint density at radius 2 is 1.92 bits per heavy atom. The number of methoxy groups -OCH3 is 1. The molecule has 5 rings (SSSR count). The van der Waals surface area contributed by atoms with Crippen LogP contribution in [0.15, 0.2) is 66.9 Å². The number of para-hydroxylation sites is 1. The third-order valence-electron chi connectivity index (χ3n) is 6.64. The molecular weight excluding hydrogens is 458 g/mol. The van der Waals surface area contributed by atoms with Crippen molar-refractivity contribution >= 4 is 17.8 Å². The Hall–Kier alpha value is -4.20. The van der Waals surface area contributed by atoms with Gasteiger partial charge in [-0.05, 0) is 29.3 Å². The molecule has 8 heteroatoms. The summed E-state index contributed by atoms with van der Waals surface area (Å²) >= 11 is 0. The van der Waals surface area contributed by atoms with Crippen LogP contribution in [0.2, 0.25) is 0 Å². The highest BCUT2D eigenvalue weighted by molar-refractivity contribution is 5.89. The molecule has 1 fully saturated rings. The van der Waals surface area contributed by atoms with Crippen molar-refractivity contribution in [2.45, 2.75) is 24.9 Å². The molecule has 2 aliphatic heterocycles. The fourth-order valence-corrected chi connectivity index (χ4v) is 4.78. The van der Waals surface area contributed by atoms with Crippen LogP contribution < -0.4 is 10.1 Å². The molecule has 0 unspecified atom stereocenters. The maximum absolute atomic E-state index is 12.6. The zero-order valence-electron chi connectivity index (χ0n) is 20.0. The molecular formula is C28H27N3O5. The fraction of sp³-hybridized carbons (Fsp3) is 0.286. The minimum Gasteiger partial charge on any atom is -0.487 e. The van der Waals surface area contributed by atoms with Crippen molar-refractivity contribution in [3.63, 3.8) is 0 Å². The lowest BCUT2D eigenvalue weighted by molar-refractivity contribution is -0.133. The number of nitrogens with one attached hydrogen (secondary N) is 1. The first-order chi connectivity index (χ1) is 17.5. The Bertz CT molecular complexity index is 1280. The largest absolute Gasteiger partial charge is 0.487 e. The van der Waals surface area contributed by atoms with E-state index < -0.39 is 5.97 Å². The highest BCUT2D eigenvalue weighted by Crippen LogP contribution is 2.38. The Morgan fingerprint density at radius 3 is 2.67 bits per heavy atom. The minimum atomic E-state index is -0.439. The zero-order chi connectivity index (χ0) is 25.1. The van der Waals surface area contributed by atoms with Gasteiger partial charge in [0.05, 0.1) is 31.5 Å². The van der Waals surface area contributed by atoms with Gasteiger partial charge in [-0.15, -0.1) is 0 Å². The van der Waals surface area contributed by atoms with Gasteiger partial charge in [-0.3, -0.25) is 14.6 Å². The number of likely N-dealkylation sites (tertiary alicyclic amines) is 1. The van der Waals surface area contributed by atoms with Crippen molar-refractivity contribution in [1.82, 2.24) is 15.2 Å². The first-order valence-electron chi connectivity index (χ1n) is 11.9. The van der Waals surface area contributed by atoms with Crippen LogP contribution in [-0.2, 0) is 20.7 Å². The van der Waals surface area contributed by atoms with E-state index in [2.05, 4.69) is 10.3 Å². The lowest BCUT2D eigenvalue weighted by Crippen LogP contribution is -2.41. The lowest BCUT2D eigenvalue weighted by Gasteiger charge is -2.18. The Balaban J connectivity index is 1.16. The number of fused-ring (bicyclic) bond motifs is 1. The molecule has 1 aromatic heterocycles. The average Bonchev–Trinajstić information content (AvgIpc) is 3.50. The second kappa shape index (κ2) is 10.2. The lowest BCUT2D eigenvalue weighted by atomic mass is 9.99. The van der Waals surface area contributed by atoms with Gasteiger partial charge in [0.2, 0.25) is 11.8 Å². The quantitative estimate of drug-likeness (QED) is 0.517. The van der Waals surface area contributed by atoms with E-state index in [0.29, 0.717) is 37.2 Å². The summed E-state index contributed by atoms with van der Waals surface area (Å²) in [5, 5.41) is 2.92. The summed E-state index contributed by atoms with van der Waals surface area (Å²) in [6.45, 7) is 0.933. The fourth-order valence-electron chi connectivity index (χ4n) is 4.78. The van der Waals surface area contributed by atoms with Crippen LogP contribution in [0.5, 0.6) is 5.75 Å². The van der Waals surface area contributed by atoms with E-state index >= 15 is 0 Å². The SMILES string of the molecule is COC(=O)c1ccc(-c2cccc3c2O[C@@H](CNC(=O)CN2C[C@H](c4ccccc4)CC2=O)C3)nc1. The molecule has 0 spiro atoms. The van der Waals surface area contributed by atoms with Crippen molar-refractivity contribution in [1.29, 1.82) is 0 Å². The number of esters is 1. The van der Waals surface area contributed by atoms with Gasteiger partial charge in [-0.25, -0.2) is 4.79 Å². The average molecular weight is 486 g/mol. The first-order valence-corrected chi connectivity index (χ1v) is 11.9. The maximum atomic E-state index is 12.6. The van der Waals surface area contributed by atoms with Gasteiger partial charge in [-0.2, -0.15) is 0 Å². The van der Waals surface area contributed by atoms with Crippen molar-refractivity contribution < 1.29 is 23.9 Å². The summed E-state index contributed by atoms with van der Waals surface area (Å²) in [4.78, 5) is 42.8. The number of nitrogens with zero attached hydrogens (tertiary/aromatic N) is 2. The van der Waals surface area contributed by atoms with Crippen LogP contribution in [0.4, 0.5) is 0 Å². The van der Waals surface area contributed by atoms with Crippen LogP contribution in [0, 0.1) is 0 Å². The third-order valence-corrected chi connectivity index (χ3v) is 6.64. The van der Waals surface area contributed by atoms with E-state index in [1.165, 1.54) is 13.3 Å². The molecule has 3 aromatic rings. The number of carbonyl (C=O) groups excluding carboxylic acids is 3. The van der Waals surface area contributed by atoms with Crippen LogP contribution in [0.3, 0.4) is 0 Å². The molecule has 0 radical (unpaired) electrons. The van der Waals surface area contributed by atoms with Gasteiger partial charge in [0, 0.05) is 37.1 Å². The first kappa shape index (κ1) is 23.5. The molecule has 1 N–H and O–H groups in total. The molecule has 2 atom stereocenters. The standard InChI is InChI=1S/C28H27N3O5/c1-35-28(34)20-10-11-24(29-14-20)23-9-5-8-19-12-22(36-27(19)23)15-30-25(32)17-31-16-21(13-26(31)33)18-6-3-2-4-7-18/h2-11,14,21-22H,12-13,15-17H2,1H3,(H,30,32)/t21-,22-/m1/s1. The monoisotopic (exact) mass is 485 g/mol. The van der Waals surface area contributed by atoms with Crippen LogP contribution in [0.1, 0.15) is 33.8 Å². The Kier molecular flexibility index (Phi) is 6.66. The van der Waals surface area contributed by atoms with E-state index in [-0.39, 0.29) is 30.4 Å². The topological polar surface area (TPSA) is 97.8 Å². The molecule has 8 nitrogen and oxygen atoms in total.